The SMILES string of the molecule is CCNC1CCC(C(C)(C)CC)CC1N1CCOCC1C. The van der Waals surface area contributed by atoms with E-state index in [4.69, 9.17) is 4.74 Å². The Morgan fingerprint density at radius 2 is 2.00 bits per heavy atom. The molecule has 1 heterocycles. The van der Waals surface area contributed by atoms with Crippen LogP contribution in [0, 0.1) is 11.3 Å². The Morgan fingerprint density at radius 1 is 1.24 bits per heavy atom. The van der Waals surface area contributed by atoms with Crippen molar-refractivity contribution in [2.75, 3.05) is 26.3 Å². The van der Waals surface area contributed by atoms with Gasteiger partial charge in [-0.3, -0.25) is 4.90 Å². The minimum atomic E-state index is 0.477. The van der Waals surface area contributed by atoms with Crippen LogP contribution < -0.4 is 5.32 Å². The highest BCUT2D eigenvalue weighted by Crippen LogP contribution is 2.42. The Morgan fingerprint density at radius 3 is 2.62 bits per heavy atom. The maximum absolute atomic E-state index is 5.65. The minimum Gasteiger partial charge on any atom is -0.379 e. The van der Waals surface area contributed by atoms with Crippen LogP contribution >= 0.6 is 0 Å². The topological polar surface area (TPSA) is 24.5 Å². The molecule has 3 heteroatoms. The van der Waals surface area contributed by atoms with E-state index in [9.17, 15) is 0 Å². The van der Waals surface area contributed by atoms with Gasteiger partial charge in [-0.25, -0.2) is 0 Å². The zero-order valence-corrected chi connectivity index (χ0v) is 14.8. The number of morpholine rings is 1. The molecule has 2 fully saturated rings. The summed E-state index contributed by atoms with van der Waals surface area (Å²) in [7, 11) is 0. The van der Waals surface area contributed by atoms with E-state index in [0.29, 0.717) is 23.5 Å². The molecule has 0 aromatic heterocycles. The molecule has 0 aromatic carbocycles. The molecule has 4 unspecified atom stereocenters. The van der Waals surface area contributed by atoms with Crippen molar-refractivity contribution in [2.24, 2.45) is 11.3 Å². The van der Waals surface area contributed by atoms with Gasteiger partial charge in [0.25, 0.3) is 0 Å². The van der Waals surface area contributed by atoms with Crippen molar-refractivity contribution in [1.82, 2.24) is 10.2 Å². The standard InChI is InChI=1S/C18H36N2O/c1-6-18(4,5)15-8-9-16(19-7-2)17(12-15)20-10-11-21-13-14(20)3/h14-17,19H,6-13H2,1-5H3. The highest BCUT2D eigenvalue weighted by atomic mass is 16.5. The molecular formula is C18H36N2O. The molecule has 21 heavy (non-hydrogen) atoms. The summed E-state index contributed by atoms with van der Waals surface area (Å²) in [5.74, 6) is 0.859. The second-order valence-corrected chi connectivity index (χ2v) is 7.75. The Kier molecular flexibility index (Phi) is 6.10. The van der Waals surface area contributed by atoms with Gasteiger partial charge in [-0.15, -0.1) is 0 Å². The van der Waals surface area contributed by atoms with Gasteiger partial charge < -0.3 is 10.1 Å². The Labute approximate surface area is 131 Å². The number of ether oxygens (including phenoxy) is 1. The van der Waals surface area contributed by atoms with Gasteiger partial charge in [0, 0.05) is 24.7 Å². The molecule has 1 saturated carbocycles. The van der Waals surface area contributed by atoms with Crippen LogP contribution in [-0.2, 0) is 4.74 Å². The van der Waals surface area contributed by atoms with Gasteiger partial charge in [0.1, 0.15) is 0 Å². The number of nitrogens with zero attached hydrogens (tertiary/aromatic N) is 1. The summed E-state index contributed by atoms with van der Waals surface area (Å²) in [6, 6.07) is 1.92. The number of hydrogen-bond donors (Lipinski definition) is 1. The van der Waals surface area contributed by atoms with Gasteiger partial charge in [0.05, 0.1) is 13.2 Å². The molecule has 1 N–H and O–H groups in total. The first-order valence-electron chi connectivity index (χ1n) is 9.06. The molecule has 1 saturated heterocycles. The molecule has 4 atom stereocenters. The predicted octanol–water partition coefficient (Wildman–Crippen LogP) is 3.29. The first-order valence-corrected chi connectivity index (χ1v) is 9.06. The molecule has 0 spiro atoms. The van der Waals surface area contributed by atoms with Crippen LogP contribution in [0.2, 0.25) is 0 Å². The Hall–Kier alpha value is -0.120. The summed E-state index contributed by atoms with van der Waals surface area (Å²) < 4.78 is 5.65. The van der Waals surface area contributed by atoms with E-state index in [1.807, 2.05) is 0 Å². The van der Waals surface area contributed by atoms with Crippen LogP contribution in [0.25, 0.3) is 0 Å². The molecule has 2 aliphatic rings. The smallest absolute Gasteiger partial charge is 0.0619 e. The van der Waals surface area contributed by atoms with Crippen molar-refractivity contribution in [1.29, 1.82) is 0 Å². The predicted molar refractivity (Wildman–Crippen MR) is 89.7 cm³/mol. The average molecular weight is 296 g/mol. The van der Waals surface area contributed by atoms with Crippen molar-refractivity contribution in [3.63, 3.8) is 0 Å². The second-order valence-electron chi connectivity index (χ2n) is 7.75. The number of nitrogens with one attached hydrogen (secondary N) is 1. The summed E-state index contributed by atoms with van der Waals surface area (Å²) in [4.78, 5) is 2.73. The van der Waals surface area contributed by atoms with Crippen molar-refractivity contribution >= 4 is 0 Å². The number of rotatable bonds is 5. The first-order chi connectivity index (χ1) is 9.99. The van der Waals surface area contributed by atoms with E-state index in [1.165, 1.54) is 25.7 Å². The summed E-state index contributed by atoms with van der Waals surface area (Å²) in [5, 5.41) is 3.76. The maximum Gasteiger partial charge on any atom is 0.0619 e. The van der Waals surface area contributed by atoms with E-state index >= 15 is 0 Å². The third-order valence-corrected chi connectivity index (χ3v) is 6.14. The van der Waals surface area contributed by atoms with Gasteiger partial charge in [0.15, 0.2) is 0 Å². The first kappa shape index (κ1) is 17.2. The monoisotopic (exact) mass is 296 g/mol. The lowest BCUT2D eigenvalue weighted by atomic mass is 9.67. The summed E-state index contributed by atoms with van der Waals surface area (Å²) >= 11 is 0. The number of likely N-dealkylation sites (N-methyl/N-ethyl adjacent to an activating group) is 1. The van der Waals surface area contributed by atoms with Crippen molar-refractivity contribution in [3.8, 4) is 0 Å². The van der Waals surface area contributed by atoms with Gasteiger partial charge in [-0.2, -0.15) is 0 Å². The second kappa shape index (κ2) is 7.43. The molecule has 3 nitrogen and oxygen atoms in total. The molecule has 0 amide bonds. The summed E-state index contributed by atoms with van der Waals surface area (Å²) in [6.45, 7) is 15.8. The highest BCUT2D eigenvalue weighted by Gasteiger charge is 2.40. The van der Waals surface area contributed by atoms with Crippen molar-refractivity contribution < 1.29 is 4.74 Å². The quantitative estimate of drug-likeness (QED) is 0.842. The molecule has 0 aromatic rings. The molecule has 0 radical (unpaired) electrons. The normalized spacial score (nSPS) is 35.9. The van der Waals surface area contributed by atoms with Crippen LogP contribution in [-0.4, -0.2) is 49.3 Å². The van der Waals surface area contributed by atoms with Gasteiger partial charge in [0.2, 0.25) is 0 Å². The van der Waals surface area contributed by atoms with E-state index in [0.717, 1.165) is 32.2 Å². The molecule has 1 aliphatic carbocycles. The fourth-order valence-corrected chi connectivity index (χ4v) is 4.24. The van der Waals surface area contributed by atoms with Crippen LogP contribution in [0.1, 0.15) is 60.3 Å². The Bertz CT molecular complexity index is 318. The highest BCUT2D eigenvalue weighted by molar-refractivity contribution is 4.96. The largest absolute Gasteiger partial charge is 0.379 e. The number of hydrogen-bond acceptors (Lipinski definition) is 3. The maximum atomic E-state index is 5.65. The lowest BCUT2D eigenvalue weighted by Gasteiger charge is -2.50. The Balaban J connectivity index is 2.10. The zero-order chi connectivity index (χ0) is 15.5. The molecule has 2 rings (SSSR count). The summed E-state index contributed by atoms with van der Waals surface area (Å²) in [5.41, 5.74) is 0.477. The fourth-order valence-electron chi connectivity index (χ4n) is 4.24. The van der Waals surface area contributed by atoms with Gasteiger partial charge >= 0.3 is 0 Å². The molecule has 0 bridgehead atoms. The molecular weight excluding hydrogens is 260 g/mol. The third-order valence-electron chi connectivity index (χ3n) is 6.14. The van der Waals surface area contributed by atoms with Crippen molar-refractivity contribution in [3.05, 3.63) is 0 Å². The van der Waals surface area contributed by atoms with E-state index in [1.54, 1.807) is 0 Å². The summed E-state index contributed by atoms with van der Waals surface area (Å²) in [6.07, 6.45) is 5.35. The minimum absolute atomic E-state index is 0.477. The van der Waals surface area contributed by atoms with E-state index < -0.39 is 0 Å². The molecule has 124 valence electrons. The lowest BCUT2D eigenvalue weighted by molar-refractivity contribution is -0.0502. The van der Waals surface area contributed by atoms with Crippen LogP contribution in [0.5, 0.6) is 0 Å². The fraction of sp³-hybridized carbons (Fsp3) is 1.00. The van der Waals surface area contributed by atoms with Gasteiger partial charge in [-0.1, -0.05) is 34.1 Å². The van der Waals surface area contributed by atoms with Crippen LogP contribution in [0.3, 0.4) is 0 Å². The van der Waals surface area contributed by atoms with Crippen LogP contribution in [0.15, 0.2) is 0 Å². The molecule has 1 aliphatic heterocycles. The lowest BCUT2D eigenvalue weighted by Crippen LogP contribution is -2.59. The average Bonchev–Trinajstić information content (AvgIpc) is 2.48. The third kappa shape index (κ3) is 4.00. The zero-order valence-electron chi connectivity index (χ0n) is 14.8. The van der Waals surface area contributed by atoms with E-state index in [2.05, 4.69) is 44.8 Å². The van der Waals surface area contributed by atoms with E-state index in [-0.39, 0.29) is 0 Å². The van der Waals surface area contributed by atoms with Gasteiger partial charge in [-0.05, 0) is 44.1 Å². The van der Waals surface area contributed by atoms with Crippen molar-refractivity contribution in [2.45, 2.75) is 78.4 Å². The van der Waals surface area contributed by atoms with Crippen LogP contribution in [0.4, 0.5) is 0 Å².